The molecule has 3 heteroatoms. The van der Waals surface area contributed by atoms with Gasteiger partial charge in [0.1, 0.15) is 0 Å². The molecule has 0 aliphatic carbocycles. The molecular weight excluding hydrogens is 176 g/mol. The molecule has 1 N–H and O–H groups in total. The molecule has 1 aromatic heterocycles. The van der Waals surface area contributed by atoms with Crippen molar-refractivity contribution in [1.82, 2.24) is 10.2 Å². The molecule has 78 valence electrons. The minimum absolute atomic E-state index is 0.663. The van der Waals surface area contributed by atoms with Crippen LogP contribution in [0.15, 0.2) is 23.0 Å². The van der Waals surface area contributed by atoms with Crippen LogP contribution in [-0.4, -0.2) is 31.1 Å². The summed E-state index contributed by atoms with van der Waals surface area (Å²) in [5, 5.41) is 3.35. The fraction of sp³-hybridized carbons (Fsp3) is 0.636. The monoisotopic (exact) mass is 194 g/mol. The molecular formula is C11H18N2O. The lowest BCUT2D eigenvalue weighted by Crippen LogP contribution is -2.43. The topological polar surface area (TPSA) is 28.4 Å². The highest BCUT2D eigenvalue weighted by molar-refractivity contribution is 5.05. The Morgan fingerprint density at radius 1 is 1.64 bits per heavy atom. The molecule has 1 atom stereocenters. The number of rotatable bonds is 3. The van der Waals surface area contributed by atoms with Crippen molar-refractivity contribution in [3.05, 3.63) is 24.2 Å². The summed E-state index contributed by atoms with van der Waals surface area (Å²) in [5.41, 5.74) is 1.28. The molecule has 1 aliphatic rings. The molecule has 14 heavy (non-hydrogen) atoms. The van der Waals surface area contributed by atoms with Crippen molar-refractivity contribution in [2.75, 3.05) is 20.1 Å². The van der Waals surface area contributed by atoms with Crippen molar-refractivity contribution < 1.29 is 4.42 Å². The molecule has 2 heterocycles. The van der Waals surface area contributed by atoms with Gasteiger partial charge in [-0.2, -0.15) is 0 Å². The van der Waals surface area contributed by atoms with Crippen molar-refractivity contribution in [3.63, 3.8) is 0 Å². The third-order valence-corrected chi connectivity index (χ3v) is 2.90. The second-order valence-corrected chi connectivity index (χ2v) is 3.99. The van der Waals surface area contributed by atoms with Crippen LogP contribution in [0.25, 0.3) is 0 Å². The van der Waals surface area contributed by atoms with Crippen LogP contribution in [0.3, 0.4) is 0 Å². The van der Waals surface area contributed by atoms with Gasteiger partial charge in [0, 0.05) is 24.7 Å². The Kier molecular flexibility index (Phi) is 3.22. The number of nitrogens with one attached hydrogen (secondary N) is 1. The lowest BCUT2D eigenvalue weighted by atomic mass is 10.1. The Bertz CT molecular complexity index is 258. The Balaban J connectivity index is 1.86. The van der Waals surface area contributed by atoms with E-state index in [1.165, 1.54) is 24.9 Å². The molecule has 0 aromatic carbocycles. The van der Waals surface area contributed by atoms with Crippen LogP contribution in [0.2, 0.25) is 0 Å². The van der Waals surface area contributed by atoms with Gasteiger partial charge in [0.2, 0.25) is 0 Å². The Morgan fingerprint density at radius 2 is 2.57 bits per heavy atom. The molecule has 1 aromatic rings. The van der Waals surface area contributed by atoms with Crippen LogP contribution in [-0.2, 0) is 6.54 Å². The van der Waals surface area contributed by atoms with E-state index in [1.807, 2.05) is 19.4 Å². The van der Waals surface area contributed by atoms with E-state index in [-0.39, 0.29) is 0 Å². The summed E-state index contributed by atoms with van der Waals surface area (Å²) in [5.74, 6) is 0. The predicted octanol–water partition coefficient (Wildman–Crippen LogP) is 1.46. The molecule has 0 saturated carbocycles. The van der Waals surface area contributed by atoms with Crippen molar-refractivity contribution in [1.29, 1.82) is 0 Å². The molecule has 2 rings (SSSR count). The molecule has 1 saturated heterocycles. The number of likely N-dealkylation sites (N-methyl/N-ethyl adjacent to an activating group) is 1. The maximum atomic E-state index is 5.07. The van der Waals surface area contributed by atoms with E-state index in [0.717, 1.165) is 13.1 Å². The van der Waals surface area contributed by atoms with Gasteiger partial charge in [-0.3, -0.25) is 4.90 Å². The highest BCUT2D eigenvalue weighted by atomic mass is 16.3. The molecule has 3 nitrogen and oxygen atoms in total. The number of piperidine rings is 1. The van der Waals surface area contributed by atoms with E-state index in [1.54, 1.807) is 6.26 Å². The first-order chi connectivity index (χ1) is 6.88. The first kappa shape index (κ1) is 9.74. The fourth-order valence-corrected chi connectivity index (χ4v) is 2.08. The van der Waals surface area contributed by atoms with Crippen LogP contribution in [0.1, 0.15) is 18.4 Å². The maximum Gasteiger partial charge on any atom is 0.0947 e. The van der Waals surface area contributed by atoms with Gasteiger partial charge in [-0.25, -0.2) is 0 Å². The standard InChI is InChI=1S/C11H18N2O/c1-12-11-3-2-5-13(8-11)7-10-4-6-14-9-10/h4,6,9,11-12H,2-3,5,7-8H2,1H3. The maximum absolute atomic E-state index is 5.07. The molecule has 0 radical (unpaired) electrons. The average Bonchev–Trinajstić information content (AvgIpc) is 2.71. The van der Waals surface area contributed by atoms with Gasteiger partial charge in [-0.05, 0) is 32.5 Å². The third-order valence-electron chi connectivity index (χ3n) is 2.90. The normalized spacial score (nSPS) is 23.9. The third kappa shape index (κ3) is 2.36. The predicted molar refractivity (Wildman–Crippen MR) is 56.1 cm³/mol. The van der Waals surface area contributed by atoms with E-state index < -0.39 is 0 Å². The first-order valence-corrected chi connectivity index (χ1v) is 5.29. The SMILES string of the molecule is CNC1CCCN(Cc2ccoc2)C1. The summed E-state index contributed by atoms with van der Waals surface area (Å²) in [4.78, 5) is 2.48. The minimum Gasteiger partial charge on any atom is -0.472 e. The summed E-state index contributed by atoms with van der Waals surface area (Å²) in [6, 6.07) is 2.71. The molecule has 1 fully saturated rings. The molecule has 0 bridgehead atoms. The summed E-state index contributed by atoms with van der Waals surface area (Å²) in [6.07, 6.45) is 6.18. The van der Waals surface area contributed by atoms with Gasteiger partial charge in [-0.1, -0.05) is 0 Å². The number of nitrogens with zero attached hydrogens (tertiary/aromatic N) is 1. The Labute approximate surface area is 85.1 Å². The smallest absolute Gasteiger partial charge is 0.0947 e. The van der Waals surface area contributed by atoms with Gasteiger partial charge in [0.15, 0.2) is 0 Å². The van der Waals surface area contributed by atoms with Crippen molar-refractivity contribution in [2.24, 2.45) is 0 Å². The number of furan rings is 1. The van der Waals surface area contributed by atoms with Crippen LogP contribution >= 0.6 is 0 Å². The number of hydrogen-bond donors (Lipinski definition) is 1. The van der Waals surface area contributed by atoms with E-state index in [9.17, 15) is 0 Å². The van der Waals surface area contributed by atoms with E-state index in [0.29, 0.717) is 6.04 Å². The van der Waals surface area contributed by atoms with Gasteiger partial charge in [0.25, 0.3) is 0 Å². The van der Waals surface area contributed by atoms with Crippen LogP contribution < -0.4 is 5.32 Å². The fourth-order valence-electron chi connectivity index (χ4n) is 2.08. The lowest BCUT2D eigenvalue weighted by Gasteiger charge is -2.32. The lowest BCUT2D eigenvalue weighted by molar-refractivity contribution is 0.187. The molecule has 1 aliphatic heterocycles. The van der Waals surface area contributed by atoms with E-state index >= 15 is 0 Å². The van der Waals surface area contributed by atoms with Gasteiger partial charge >= 0.3 is 0 Å². The number of likely N-dealkylation sites (tertiary alicyclic amines) is 1. The van der Waals surface area contributed by atoms with Gasteiger partial charge < -0.3 is 9.73 Å². The van der Waals surface area contributed by atoms with Crippen molar-refractivity contribution in [2.45, 2.75) is 25.4 Å². The summed E-state index contributed by atoms with van der Waals surface area (Å²) < 4.78 is 5.07. The summed E-state index contributed by atoms with van der Waals surface area (Å²) >= 11 is 0. The molecule has 0 amide bonds. The van der Waals surface area contributed by atoms with Crippen molar-refractivity contribution in [3.8, 4) is 0 Å². The van der Waals surface area contributed by atoms with Crippen LogP contribution in [0.4, 0.5) is 0 Å². The second-order valence-electron chi connectivity index (χ2n) is 3.99. The average molecular weight is 194 g/mol. The zero-order chi connectivity index (χ0) is 9.80. The largest absolute Gasteiger partial charge is 0.472 e. The quantitative estimate of drug-likeness (QED) is 0.789. The minimum atomic E-state index is 0.663. The van der Waals surface area contributed by atoms with E-state index in [2.05, 4.69) is 10.2 Å². The Morgan fingerprint density at radius 3 is 3.29 bits per heavy atom. The zero-order valence-corrected chi connectivity index (χ0v) is 8.70. The van der Waals surface area contributed by atoms with Crippen molar-refractivity contribution >= 4 is 0 Å². The highest BCUT2D eigenvalue weighted by Gasteiger charge is 2.18. The first-order valence-electron chi connectivity index (χ1n) is 5.29. The highest BCUT2D eigenvalue weighted by Crippen LogP contribution is 2.13. The summed E-state index contributed by atoms with van der Waals surface area (Å²) in [7, 11) is 2.05. The van der Waals surface area contributed by atoms with E-state index in [4.69, 9.17) is 4.42 Å². The molecule has 0 spiro atoms. The zero-order valence-electron chi connectivity index (χ0n) is 8.70. The van der Waals surface area contributed by atoms with Gasteiger partial charge in [-0.15, -0.1) is 0 Å². The van der Waals surface area contributed by atoms with Gasteiger partial charge in [0.05, 0.1) is 12.5 Å². The number of hydrogen-bond acceptors (Lipinski definition) is 3. The summed E-state index contributed by atoms with van der Waals surface area (Å²) in [6.45, 7) is 3.39. The molecule has 1 unspecified atom stereocenters. The van der Waals surface area contributed by atoms with Crippen LogP contribution in [0, 0.1) is 0 Å². The Hall–Kier alpha value is -0.800. The van der Waals surface area contributed by atoms with Crippen LogP contribution in [0.5, 0.6) is 0 Å². The second kappa shape index (κ2) is 4.62.